The molecule has 11 heteroatoms. The van der Waals surface area contributed by atoms with Gasteiger partial charge >= 0.3 is 11.9 Å². The van der Waals surface area contributed by atoms with E-state index in [0.29, 0.717) is 5.56 Å². The standard InChI is InChI=1S/C18H19N3O7S/c1-9(2)10-6-5-7-11-13(10)16(22)12(29(11,25)26)8-21-15(18(24)28-4)14(19-20-21)17(23)27-3/h5-7,9,12H,8H2,1-4H3. The lowest BCUT2D eigenvalue weighted by molar-refractivity contribution is 0.0543. The zero-order valence-corrected chi connectivity index (χ0v) is 17.0. The van der Waals surface area contributed by atoms with Crippen molar-refractivity contribution in [3.05, 3.63) is 40.7 Å². The highest BCUT2D eigenvalue weighted by Crippen LogP contribution is 2.37. The number of benzene rings is 1. The van der Waals surface area contributed by atoms with Crippen LogP contribution in [0, 0.1) is 0 Å². The number of hydrogen-bond acceptors (Lipinski definition) is 9. The maximum absolute atomic E-state index is 13.0. The van der Waals surface area contributed by atoms with Crippen LogP contribution in [-0.4, -0.2) is 60.6 Å². The fraction of sp³-hybridized carbons (Fsp3) is 0.389. The van der Waals surface area contributed by atoms with Crippen LogP contribution in [0.2, 0.25) is 0 Å². The number of Topliss-reactive ketones (excluding diaryl/α,β-unsaturated/α-hetero) is 1. The van der Waals surface area contributed by atoms with Crippen molar-refractivity contribution < 1.29 is 32.3 Å². The fourth-order valence-electron chi connectivity index (χ4n) is 3.30. The Kier molecular flexibility index (Phi) is 5.26. The number of ether oxygens (including phenoxy) is 2. The molecule has 0 fully saturated rings. The van der Waals surface area contributed by atoms with Crippen molar-refractivity contribution in [2.24, 2.45) is 0 Å². The molecule has 2 aromatic rings. The first-order valence-electron chi connectivity index (χ1n) is 8.66. The molecular weight excluding hydrogens is 402 g/mol. The highest BCUT2D eigenvalue weighted by molar-refractivity contribution is 7.93. The third-order valence-electron chi connectivity index (χ3n) is 4.73. The molecule has 29 heavy (non-hydrogen) atoms. The van der Waals surface area contributed by atoms with E-state index in [0.717, 1.165) is 18.9 Å². The van der Waals surface area contributed by atoms with E-state index in [1.54, 1.807) is 12.1 Å². The zero-order valence-electron chi connectivity index (χ0n) is 16.2. The predicted octanol–water partition coefficient (Wildman–Crippen LogP) is 1.01. The Morgan fingerprint density at radius 3 is 2.41 bits per heavy atom. The molecule has 10 nitrogen and oxygen atoms in total. The maximum Gasteiger partial charge on any atom is 0.361 e. The van der Waals surface area contributed by atoms with Gasteiger partial charge in [0, 0.05) is 5.56 Å². The summed E-state index contributed by atoms with van der Waals surface area (Å²) in [5.74, 6) is -2.55. The van der Waals surface area contributed by atoms with Crippen LogP contribution in [0.4, 0.5) is 0 Å². The second-order valence-corrected chi connectivity index (χ2v) is 8.82. The van der Waals surface area contributed by atoms with Gasteiger partial charge in [-0.05, 0) is 17.5 Å². The SMILES string of the molecule is COC(=O)c1nnn(CC2C(=O)c3c(C(C)C)cccc3S2(=O)=O)c1C(=O)OC. The van der Waals surface area contributed by atoms with Gasteiger partial charge in [-0.2, -0.15) is 0 Å². The highest BCUT2D eigenvalue weighted by Gasteiger charge is 2.46. The summed E-state index contributed by atoms with van der Waals surface area (Å²) in [6.45, 7) is 3.22. The van der Waals surface area contributed by atoms with Crippen LogP contribution in [0.5, 0.6) is 0 Å². The lowest BCUT2D eigenvalue weighted by atomic mass is 9.94. The Morgan fingerprint density at radius 2 is 1.83 bits per heavy atom. The molecule has 0 aliphatic carbocycles. The number of nitrogens with zero attached hydrogens (tertiary/aromatic N) is 3. The van der Waals surface area contributed by atoms with Crippen LogP contribution in [0.3, 0.4) is 0 Å². The van der Waals surface area contributed by atoms with Gasteiger partial charge in [-0.3, -0.25) is 4.79 Å². The van der Waals surface area contributed by atoms with Crippen LogP contribution in [0.15, 0.2) is 23.1 Å². The summed E-state index contributed by atoms with van der Waals surface area (Å²) >= 11 is 0. The van der Waals surface area contributed by atoms with E-state index in [2.05, 4.69) is 19.8 Å². The molecule has 1 atom stereocenters. The van der Waals surface area contributed by atoms with Gasteiger partial charge in [-0.15, -0.1) is 5.10 Å². The molecule has 1 unspecified atom stereocenters. The Bertz CT molecular complexity index is 1120. The minimum atomic E-state index is -4.02. The third-order valence-corrected chi connectivity index (χ3v) is 6.80. The van der Waals surface area contributed by atoms with Crippen LogP contribution >= 0.6 is 0 Å². The summed E-state index contributed by atoms with van der Waals surface area (Å²) in [4.78, 5) is 37.0. The molecule has 0 saturated carbocycles. The van der Waals surface area contributed by atoms with Gasteiger partial charge in [0.25, 0.3) is 0 Å². The number of fused-ring (bicyclic) bond motifs is 1. The lowest BCUT2D eigenvalue weighted by Crippen LogP contribution is -2.31. The summed E-state index contributed by atoms with van der Waals surface area (Å²) in [6.07, 6.45) is 0. The Hall–Kier alpha value is -3.08. The van der Waals surface area contributed by atoms with E-state index in [1.165, 1.54) is 6.07 Å². The second kappa shape index (κ2) is 7.39. The van der Waals surface area contributed by atoms with E-state index in [9.17, 15) is 22.8 Å². The number of methoxy groups -OCH3 is 2. The largest absolute Gasteiger partial charge is 0.464 e. The van der Waals surface area contributed by atoms with Crippen LogP contribution in [0.1, 0.15) is 56.7 Å². The average molecular weight is 421 g/mol. The molecule has 1 aromatic heterocycles. The van der Waals surface area contributed by atoms with Crippen molar-refractivity contribution in [1.82, 2.24) is 15.0 Å². The molecule has 0 amide bonds. The van der Waals surface area contributed by atoms with Gasteiger partial charge in [0.15, 0.2) is 21.3 Å². The number of aromatic nitrogens is 3. The first kappa shape index (κ1) is 20.6. The number of hydrogen-bond donors (Lipinski definition) is 0. The molecule has 0 bridgehead atoms. The maximum atomic E-state index is 13.0. The smallest absolute Gasteiger partial charge is 0.361 e. The summed E-state index contributed by atoms with van der Waals surface area (Å²) < 4.78 is 36.2. The number of sulfone groups is 1. The predicted molar refractivity (Wildman–Crippen MR) is 98.5 cm³/mol. The van der Waals surface area contributed by atoms with Gasteiger partial charge in [0.1, 0.15) is 5.25 Å². The molecule has 0 saturated heterocycles. The molecule has 1 aliphatic heterocycles. The zero-order chi connectivity index (χ0) is 21.5. The number of ketones is 1. The third kappa shape index (κ3) is 3.20. The highest BCUT2D eigenvalue weighted by atomic mass is 32.2. The Morgan fingerprint density at radius 1 is 1.17 bits per heavy atom. The first-order valence-corrected chi connectivity index (χ1v) is 10.2. The molecule has 1 aliphatic rings. The molecule has 0 N–H and O–H groups in total. The lowest BCUT2D eigenvalue weighted by Gasteiger charge is -2.11. The second-order valence-electron chi connectivity index (χ2n) is 6.72. The molecule has 3 rings (SSSR count). The van der Waals surface area contributed by atoms with Crippen molar-refractivity contribution >= 4 is 27.6 Å². The molecule has 2 heterocycles. The Labute approximate surface area is 166 Å². The summed E-state index contributed by atoms with van der Waals surface area (Å²) in [5.41, 5.74) is -0.0361. The topological polar surface area (TPSA) is 135 Å². The van der Waals surface area contributed by atoms with Crippen molar-refractivity contribution in [3.63, 3.8) is 0 Å². The number of rotatable bonds is 5. The normalized spacial score (nSPS) is 17.3. The molecule has 0 radical (unpaired) electrons. The van der Waals surface area contributed by atoms with E-state index >= 15 is 0 Å². The van der Waals surface area contributed by atoms with E-state index in [-0.39, 0.29) is 22.1 Å². The van der Waals surface area contributed by atoms with Gasteiger partial charge < -0.3 is 9.47 Å². The summed E-state index contributed by atoms with van der Waals surface area (Å²) in [5, 5.41) is 5.78. The first-order chi connectivity index (χ1) is 13.6. The van der Waals surface area contributed by atoms with Crippen LogP contribution in [-0.2, 0) is 25.9 Å². The minimum absolute atomic E-state index is 0.0494. The number of esters is 2. The summed E-state index contributed by atoms with van der Waals surface area (Å²) in [7, 11) is -1.84. The number of carbonyl (C=O) groups is 3. The molecule has 154 valence electrons. The van der Waals surface area contributed by atoms with E-state index in [1.807, 2.05) is 13.8 Å². The minimum Gasteiger partial charge on any atom is -0.464 e. The Balaban J connectivity index is 2.10. The number of carbonyl (C=O) groups excluding carboxylic acids is 3. The van der Waals surface area contributed by atoms with Crippen molar-refractivity contribution in [3.8, 4) is 0 Å². The van der Waals surface area contributed by atoms with Crippen LogP contribution in [0.25, 0.3) is 0 Å². The van der Waals surface area contributed by atoms with Gasteiger partial charge in [-0.25, -0.2) is 22.7 Å². The average Bonchev–Trinajstić information content (AvgIpc) is 3.20. The molecule has 0 spiro atoms. The van der Waals surface area contributed by atoms with E-state index in [4.69, 9.17) is 0 Å². The van der Waals surface area contributed by atoms with E-state index < -0.39 is 45.0 Å². The van der Waals surface area contributed by atoms with Gasteiger partial charge in [0.2, 0.25) is 5.69 Å². The van der Waals surface area contributed by atoms with Crippen molar-refractivity contribution in [1.29, 1.82) is 0 Å². The fourth-order valence-corrected chi connectivity index (χ4v) is 5.11. The quantitative estimate of drug-likeness (QED) is 0.648. The van der Waals surface area contributed by atoms with Gasteiger partial charge in [-0.1, -0.05) is 31.2 Å². The van der Waals surface area contributed by atoms with Crippen molar-refractivity contribution in [2.75, 3.05) is 14.2 Å². The van der Waals surface area contributed by atoms with Crippen molar-refractivity contribution in [2.45, 2.75) is 36.5 Å². The van der Waals surface area contributed by atoms with Crippen LogP contribution < -0.4 is 0 Å². The monoisotopic (exact) mass is 421 g/mol. The molecular formula is C18H19N3O7S. The van der Waals surface area contributed by atoms with Gasteiger partial charge in [0.05, 0.1) is 25.7 Å². The summed E-state index contributed by atoms with van der Waals surface area (Å²) in [6, 6.07) is 4.69. The molecule has 1 aromatic carbocycles.